The number of nitriles is 1. The highest BCUT2D eigenvalue weighted by atomic mass is 16.6. The second-order valence-electron chi connectivity index (χ2n) is 7.13. The van der Waals surface area contributed by atoms with Crippen molar-refractivity contribution in [1.82, 2.24) is 4.57 Å². The Balaban J connectivity index is 1.75. The second-order valence-corrected chi connectivity index (χ2v) is 7.13. The summed E-state index contributed by atoms with van der Waals surface area (Å²) in [5.74, 6) is 0. The van der Waals surface area contributed by atoms with E-state index in [1.807, 2.05) is 35.0 Å². The summed E-state index contributed by atoms with van der Waals surface area (Å²) in [4.78, 5) is 21.1. The first-order valence-electron chi connectivity index (χ1n) is 9.64. The van der Waals surface area contributed by atoms with Crippen molar-refractivity contribution < 1.29 is 9.85 Å². The molecular formula is C24H16N4O4. The highest BCUT2D eigenvalue weighted by Gasteiger charge is 2.12. The smallest absolute Gasteiger partial charge is 0.270 e. The van der Waals surface area contributed by atoms with Crippen LogP contribution in [0.4, 0.5) is 11.4 Å². The van der Waals surface area contributed by atoms with Crippen LogP contribution in [0, 0.1) is 31.6 Å². The van der Waals surface area contributed by atoms with Crippen molar-refractivity contribution in [2.24, 2.45) is 0 Å². The molecule has 0 spiro atoms. The molecule has 4 rings (SSSR count). The molecule has 1 aromatic heterocycles. The summed E-state index contributed by atoms with van der Waals surface area (Å²) < 4.78 is 2.00. The van der Waals surface area contributed by atoms with Crippen LogP contribution in [0.2, 0.25) is 0 Å². The lowest BCUT2D eigenvalue weighted by Crippen LogP contribution is -1.98. The number of fused-ring (bicyclic) bond motifs is 1. The lowest BCUT2D eigenvalue weighted by molar-refractivity contribution is -0.385. The highest BCUT2D eigenvalue weighted by molar-refractivity contribution is 5.98. The van der Waals surface area contributed by atoms with Gasteiger partial charge >= 0.3 is 0 Å². The number of benzene rings is 3. The minimum absolute atomic E-state index is 0.0327. The van der Waals surface area contributed by atoms with Gasteiger partial charge in [-0.3, -0.25) is 20.2 Å². The van der Waals surface area contributed by atoms with Gasteiger partial charge in [0.05, 0.1) is 21.5 Å². The van der Waals surface area contributed by atoms with E-state index in [9.17, 15) is 25.5 Å². The average molecular weight is 424 g/mol. The van der Waals surface area contributed by atoms with Gasteiger partial charge < -0.3 is 4.57 Å². The van der Waals surface area contributed by atoms with Crippen molar-refractivity contribution in [2.75, 3.05) is 0 Å². The molecule has 0 saturated heterocycles. The number of nitrogens with zero attached hydrogens (tertiary/aromatic N) is 4. The van der Waals surface area contributed by atoms with Crippen LogP contribution < -0.4 is 0 Å². The fourth-order valence-corrected chi connectivity index (χ4v) is 3.56. The lowest BCUT2D eigenvalue weighted by Gasteiger charge is -2.05. The normalized spacial score (nSPS) is 11.3. The standard InChI is InChI=1S/C24H16N4O4/c25-14-19(18-4-3-5-22(13-18)28(31)32)12-20-16-26(24-7-2-1-6-23(20)24)15-17-8-10-21(11-9-17)27(29)30/h1-13,16H,15H2. The van der Waals surface area contributed by atoms with Crippen LogP contribution in [0.3, 0.4) is 0 Å². The van der Waals surface area contributed by atoms with Gasteiger partial charge in [-0.25, -0.2) is 0 Å². The van der Waals surface area contributed by atoms with Gasteiger partial charge in [-0.15, -0.1) is 0 Å². The van der Waals surface area contributed by atoms with E-state index in [0.717, 1.165) is 22.0 Å². The van der Waals surface area contributed by atoms with E-state index >= 15 is 0 Å². The Morgan fingerprint density at radius 1 is 0.938 bits per heavy atom. The molecule has 0 fully saturated rings. The van der Waals surface area contributed by atoms with Crippen molar-refractivity contribution in [3.8, 4) is 6.07 Å². The Hall–Kier alpha value is -4.77. The minimum Gasteiger partial charge on any atom is -0.342 e. The van der Waals surface area contributed by atoms with Crippen LogP contribution in [-0.2, 0) is 6.54 Å². The van der Waals surface area contributed by atoms with Crippen LogP contribution in [0.15, 0.2) is 79.0 Å². The molecule has 1 heterocycles. The zero-order valence-electron chi connectivity index (χ0n) is 16.7. The average Bonchev–Trinajstić information content (AvgIpc) is 3.15. The first-order valence-corrected chi connectivity index (χ1v) is 9.64. The van der Waals surface area contributed by atoms with E-state index in [0.29, 0.717) is 17.7 Å². The lowest BCUT2D eigenvalue weighted by atomic mass is 10.0. The number of para-hydroxylation sites is 1. The van der Waals surface area contributed by atoms with Crippen molar-refractivity contribution in [3.63, 3.8) is 0 Å². The quantitative estimate of drug-likeness (QED) is 0.228. The third-order valence-electron chi connectivity index (χ3n) is 5.11. The Kier molecular flexibility index (Phi) is 5.47. The molecule has 0 amide bonds. The number of hydrogen-bond donors (Lipinski definition) is 0. The molecular weight excluding hydrogens is 408 g/mol. The largest absolute Gasteiger partial charge is 0.342 e. The molecule has 0 aliphatic rings. The molecule has 0 saturated carbocycles. The van der Waals surface area contributed by atoms with E-state index in [2.05, 4.69) is 6.07 Å². The molecule has 4 aromatic rings. The van der Waals surface area contributed by atoms with Gasteiger partial charge in [0, 0.05) is 53.5 Å². The molecule has 0 bridgehead atoms. The number of allylic oxidation sites excluding steroid dienone is 1. The van der Waals surface area contributed by atoms with Crippen LogP contribution in [0.1, 0.15) is 16.7 Å². The van der Waals surface area contributed by atoms with E-state index in [-0.39, 0.29) is 11.4 Å². The van der Waals surface area contributed by atoms with Crippen molar-refractivity contribution in [3.05, 3.63) is 116 Å². The summed E-state index contributed by atoms with van der Waals surface area (Å²) in [7, 11) is 0. The van der Waals surface area contributed by atoms with Crippen molar-refractivity contribution >= 4 is 33.9 Å². The third kappa shape index (κ3) is 4.08. The van der Waals surface area contributed by atoms with Crippen LogP contribution in [-0.4, -0.2) is 14.4 Å². The minimum atomic E-state index is -0.492. The van der Waals surface area contributed by atoms with Crippen molar-refractivity contribution in [2.45, 2.75) is 6.54 Å². The molecule has 0 N–H and O–H groups in total. The molecule has 156 valence electrons. The van der Waals surface area contributed by atoms with Gasteiger partial charge in [0.15, 0.2) is 0 Å². The molecule has 0 atom stereocenters. The number of hydrogen-bond acceptors (Lipinski definition) is 5. The first kappa shape index (κ1) is 20.5. The third-order valence-corrected chi connectivity index (χ3v) is 5.11. The van der Waals surface area contributed by atoms with Crippen LogP contribution in [0.5, 0.6) is 0 Å². The van der Waals surface area contributed by atoms with Gasteiger partial charge in [0.25, 0.3) is 11.4 Å². The fraction of sp³-hybridized carbons (Fsp3) is 0.0417. The molecule has 8 nitrogen and oxygen atoms in total. The molecule has 0 radical (unpaired) electrons. The summed E-state index contributed by atoms with van der Waals surface area (Å²) in [6.07, 6.45) is 3.62. The second kappa shape index (κ2) is 8.53. The topological polar surface area (TPSA) is 115 Å². The molecule has 0 aliphatic heterocycles. The number of rotatable bonds is 6. The number of aromatic nitrogens is 1. The maximum Gasteiger partial charge on any atom is 0.270 e. The Bertz CT molecular complexity index is 1410. The van der Waals surface area contributed by atoms with Crippen LogP contribution in [0.25, 0.3) is 22.6 Å². The van der Waals surface area contributed by atoms with Gasteiger partial charge in [0.2, 0.25) is 0 Å². The number of nitro benzene ring substituents is 2. The fourth-order valence-electron chi connectivity index (χ4n) is 3.56. The zero-order chi connectivity index (χ0) is 22.7. The summed E-state index contributed by atoms with van der Waals surface area (Å²) in [5, 5.41) is 32.6. The van der Waals surface area contributed by atoms with E-state index in [4.69, 9.17) is 0 Å². The maximum atomic E-state index is 11.1. The Labute approximate surface area is 182 Å². The summed E-state index contributed by atoms with van der Waals surface area (Å²) in [6.45, 7) is 0.491. The molecule has 0 unspecified atom stereocenters. The van der Waals surface area contributed by atoms with Gasteiger partial charge in [-0.1, -0.05) is 42.5 Å². The predicted octanol–water partition coefficient (Wildman–Crippen LogP) is 5.57. The molecule has 8 heteroatoms. The predicted molar refractivity (Wildman–Crippen MR) is 121 cm³/mol. The Morgan fingerprint density at radius 3 is 2.34 bits per heavy atom. The summed E-state index contributed by atoms with van der Waals surface area (Å²) in [6, 6.07) is 22.2. The van der Waals surface area contributed by atoms with Crippen LogP contribution >= 0.6 is 0 Å². The molecule has 0 aliphatic carbocycles. The maximum absolute atomic E-state index is 11.1. The number of non-ortho nitro benzene ring substituents is 2. The summed E-state index contributed by atoms with van der Waals surface area (Å²) >= 11 is 0. The molecule has 3 aromatic carbocycles. The van der Waals surface area contributed by atoms with E-state index in [1.165, 1.54) is 24.3 Å². The van der Waals surface area contributed by atoms with Gasteiger partial charge in [-0.05, 0) is 23.3 Å². The van der Waals surface area contributed by atoms with Crippen molar-refractivity contribution in [1.29, 1.82) is 5.26 Å². The Morgan fingerprint density at radius 2 is 1.66 bits per heavy atom. The SMILES string of the molecule is N#CC(=Cc1cn(Cc2ccc([N+](=O)[O-])cc2)c2ccccc12)c1cccc([N+](=O)[O-])c1. The summed E-state index contributed by atoms with van der Waals surface area (Å²) in [5.41, 5.74) is 3.36. The number of nitro groups is 2. The molecule has 32 heavy (non-hydrogen) atoms. The monoisotopic (exact) mass is 424 g/mol. The zero-order valence-corrected chi connectivity index (χ0v) is 16.7. The van der Waals surface area contributed by atoms with E-state index < -0.39 is 9.85 Å². The van der Waals surface area contributed by atoms with Gasteiger partial charge in [0.1, 0.15) is 0 Å². The van der Waals surface area contributed by atoms with Gasteiger partial charge in [-0.2, -0.15) is 5.26 Å². The first-order chi connectivity index (χ1) is 15.5. The van der Waals surface area contributed by atoms with E-state index in [1.54, 1.807) is 30.3 Å². The highest BCUT2D eigenvalue weighted by Crippen LogP contribution is 2.28.